The Kier molecular flexibility index (Phi) is 5.20. The van der Waals surface area contributed by atoms with Crippen molar-refractivity contribution in [3.63, 3.8) is 0 Å². The van der Waals surface area contributed by atoms with Crippen molar-refractivity contribution < 1.29 is 14.7 Å². The summed E-state index contributed by atoms with van der Waals surface area (Å²) in [6, 6.07) is 5.57. The minimum Gasteiger partial charge on any atom is -0.393 e. The van der Waals surface area contributed by atoms with Gasteiger partial charge in [0.25, 0.3) is 5.91 Å². The Morgan fingerprint density at radius 1 is 1.06 bits per heavy atom. The number of imidazole rings is 1. The summed E-state index contributed by atoms with van der Waals surface area (Å²) in [5.74, 6) is 2.57. The molecule has 4 saturated carbocycles. The lowest BCUT2D eigenvalue weighted by Gasteiger charge is -2.56. The summed E-state index contributed by atoms with van der Waals surface area (Å²) in [5, 5.41) is 12.9. The molecule has 3 heterocycles. The Morgan fingerprint density at radius 3 is 2.39 bits per heavy atom. The number of aliphatic hydroxyl groups excluding tert-OH is 1. The van der Waals surface area contributed by atoms with E-state index in [1.165, 1.54) is 38.5 Å². The zero-order valence-electron chi connectivity index (χ0n) is 19.2. The Balaban J connectivity index is 1.14. The normalized spacial score (nSPS) is 31.3. The van der Waals surface area contributed by atoms with Crippen LogP contribution >= 0.6 is 0 Å². The molecule has 7 rings (SSSR count). The van der Waals surface area contributed by atoms with Gasteiger partial charge in [-0.25, -0.2) is 4.98 Å². The summed E-state index contributed by atoms with van der Waals surface area (Å²) in [6.45, 7) is 1.95. The highest BCUT2D eigenvalue weighted by Crippen LogP contribution is 2.59. The molecule has 1 saturated heterocycles. The number of hydrogen-bond acceptors (Lipinski definition) is 4. The van der Waals surface area contributed by atoms with Gasteiger partial charge in [0.1, 0.15) is 11.3 Å². The minimum atomic E-state index is -0.302. The van der Waals surface area contributed by atoms with Crippen molar-refractivity contribution in [3.8, 4) is 0 Å². The lowest BCUT2D eigenvalue weighted by molar-refractivity contribution is -0.132. The molecule has 0 unspecified atom stereocenters. The second kappa shape index (κ2) is 8.12. The fourth-order valence-electron chi connectivity index (χ4n) is 7.58. The van der Waals surface area contributed by atoms with Gasteiger partial charge in [-0.05, 0) is 86.7 Å². The number of nitrogens with one attached hydrogen (secondary N) is 1. The lowest BCUT2D eigenvalue weighted by atomic mass is 9.49. The third kappa shape index (κ3) is 4.05. The summed E-state index contributed by atoms with van der Waals surface area (Å²) < 4.78 is 1.82. The van der Waals surface area contributed by atoms with Crippen LogP contribution in [-0.4, -0.2) is 56.9 Å². The van der Waals surface area contributed by atoms with E-state index in [2.05, 4.69) is 10.3 Å². The molecule has 2 aromatic rings. The van der Waals surface area contributed by atoms with E-state index in [9.17, 15) is 14.7 Å². The zero-order valence-corrected chi connectivity index (χ0v) is 19.2. The quantitative estimate of drug-likeness (QED) is 0.733. The maximum Gasteiger partial charge on any atom is 0.268 e. The number of rotatable bonds is 5. The van der Waals surface area contributed by atoms with Crippen LogP contribution in [0.1, 0.15) is 67.5 Å². The molecule has 4 aliphatic carbocycles. The lowest BCUT2D eigenvalue weighted by Crippen LogP contribution is -2.51. The Hall–Kier alpha value is -2.41. The average Bonchev–Trinajstić information content (AvgIpc) is 3.19. The summed E-state index contributed by atoms with van der Waals surface area (Å²) >= 11 is 0. The number of pyridine rings is 1. The van der Waals surface area contributed by atoms with Crippen molar-refractivity contribution in [2.75, 3.05) is 19.6 Å². The van der Waals surface area contributed by atoms with Gasteiger partial charge in [0.05, 0.1) is 18.2 Å². The maximum atomic E-state index is 13.2. The molecule has 7 nitrogen and oxygen atoms in total. The van der Waals surface area contributed by atoms with Crippen molar-refractivity contribution in [1.29, 1.82) is 0 Å². The number of nitrogens with zero attached hydrogens (tertiary/aromatic N) is 3. The zero-order chi connectivity index (χ0) is 22.6. The highest BCUT2D eigenvalue weighted by molar-refractivity contribution is 5.93. The van der Waals surface area contributed by atoms with Crippen LogP contribution in [0.3, 0.4) is 0 Å². The molecule has 2 aromatic heterocycles. The molecule has 0 spiro atoms. The first kappa shape index (κ1) is 21.1. The topological polar surface area (TPSA) is 86.9 Å². The van der Waals surface area contributed by atoms with E-state index >= 15 is 0 Å². The number of amides is 2. The predicted octanol–water partition coefficient (Wildman–Crippen LogP) is 2.81. The van der Waals surface area contributed by atoms with E-state index in [1.54, 1.807) is 4.90 Å². The number of hydrogen-bond donors (Lipinski definition) is 2. The Morgan fingerprint density at radius 2 is 1.73 bits per heavy atom. The first-order valence-electron chi connectivity index (χ1n) is 12.7. The van der Waals surface area contributed by atoms with E-state index in [0.717, 1.165) is 24.3 Å². The van der Waals surface area contributed by atoms with Crippen molar-refractivity contribution in [1.82, 2.24) is 19.6 Å². The first-order valence-corrected chi connectivity index (χ1v) is 12.7. The maximum absolute atomic E-state index is 13.2. The van der Waals surface area contributed by atoms with E-state index in [4.69, 9.17) is 0 Å². The molecule has 7 heteroatoms. The Labute approximate surface area is 194 Å². The van der Waals surface area contributed by atoms with Crippen molar-refractivity contribution in [2.24, 2.45) is 23.2 Å². The monoisotopic (exact) mass is 450 g/mol. The predicted molar refractivity (Wildman–Crippen MR) is 124 cm³/mol. The third-order valence-electron chi connectivity index (χ3n) is 8.71. The van der Waals surface area contributed by atoms with Gasteiger partial charge in [-0.15, -0.1) is 0 Å². The smallest absolute Gasteiger partial charge is 0.268 e. The summed E-state index contributed by atoms with van der Waals surface area (Å²) in [4.78, 5) is 32.3. The van der Waals surface area contributed by atoms with Crippen LogP contribution in [0.25, 0.3) is 5.65 Å². The molecule has 33 heavy (non-hydrogen) atoms. The van der Waals surface area contributed by atoms with E-state index in [0.29, 0.717) is 48.4 Å². The average molecular weight is 451 g/mol. The van der Waals surface area contributed by atoms with Crippen LogP contribution in [0.4, 0.5) is 0 Å². The van der Waals surface area contributed by atoms with Crippen molar-refractivity contribution in [2.45, 2.75) is 63.9 Å². The molecule has 5 fully saturated rings. The highest BCUT2D eigenvalue weighted by Gasteiger charge is 2.50. The van der Waals surface area contributed by atoms with Gasteiger partial charge in [0.2, 0.25) is 5.91 Å². The van der Waals surface area contributed by atoms with Gasteiger partial charge < -0.3 is 15.3 Å². The standard InChI is InChI=1S/C26H34N4O3/c31-21-4-6-29(7-5-21)24(32)11-20-15-30-22(2-1-3-23(30)28-20)25(33)27-16-26-12-17-8-18(13-26)10-19(9-17)14-26/h1-3,15,17-19,21,31H,4-14,16H2,(H,27,33). The van der Waals surface area contributed by atoms with Crippen LogP contribution in [0.2, 0.25) is 0 Å². The van der Waals surface area contributed by atoms with Gasteiger partial charge in [-0.1, -0.05) is 6.07 Å². The summed E-state index contributed by atoms with van der Waals surface area (Å²) in [7, 11) is 0. The fourth-order valence-corrected chi connectivity index (χ4v) is 7.58. The first-order chi connectivity index (χ1) is 16.0. The SMILES string of the molecule is O=C(NCC12CC3CC(CC(C3)C1)C2)c1cccc2nc(CC(=O)N3CCC(O)CC3)cn12. The number of piperidine rings is 1. The fraction of sp³-hybridized carbons (Fsp3) is 0.654. The number of aliphatic hydroxyl groups is 1. The highest BCUT2D eigenvalue weighted by atomic mass is 16.3. The summed E-state index contributed by atoms with van der Waals surface area (Å²) in [6.07, 6.45) is 11.0. The number of fused-ring (bicyclic) bond motifs is 1. The van der Waals surface area contributed by atoms with Crippen LogP contribution in [0.5, 0.6) is 0 Å². The largest absolute Gasteiger partial charge is 0.393 e. The molecule has 1 aliphatic heterocycles. The molecular formula is C26H34N4O3. The minimum absolute atomic E-state index is 0.0260. The molecule has 2 N–H and O–H groups in total. The van der Waals surface area contributed by atoms with E-state index < -0.39 is 0 Å². The second-order valence-electron chi connectivity index (χ2n) is 11.3. The van der Waals surface area contributed by atoms with Crippen LogP contribution in [0.15, 0.2) is 24.4 Å². The van der Waals surface area contributed by atoms with Gasteiger partial charge >= 0.3 is 0 Å². The van der Waals surface area contributed by atoms with Crippen molar-refractivity contribution >= 4 is 17.5 Å². The number of likely N-dealkylation sites (tertiary alicyclic amines) is 1. The van der Waals surface area contributed by atoms with E-state index in [-0.39, 0.29) is 24.3 Å². The molecule has 5 aliphatic rings. The number of carbonyl (C=O) groups is 2. The molecule has 176 valence electrons. The van der Waals surface area contributed by atoms with Crippen molar-refractivity contribution in [3.05, 3.63) is 35.8 Å². The number of aromatic nitrogens is 2. The molecule has 2 amide bonds. The molecule has 0 aromatic carbocycles. The van der Waals surface area contributed by atoms with Crippen LogP contribution < -0.4 is 5.32 Å². The Bertz CT molecular complexity index is 1030. The molecule has 4 bridgehead atoms. The summed E-state index contributed by atoms with van der Waals surface area (Å²) in [5.41, 5.74) is 2.23. The van der Waals surface area contributed by atoms with Gasteiger partial charge in [-0.3, -0.25) is 14.0 Å². The van der Waals surface area contributed by atoms with Gasteiger partial charge in [-0.2, -0.15) is 0 Å². The third-order valence-corrected chi connectivity index (χ3v) is 8.71. The second-order valence-corrected chi connectivity index (χ2v) is 11.3. The molecule has 0 radical (unpaired) electrons. The van der Waals surface area contributed by atoms with Gasteiger partial charge in [0, 0.05) is 25.8 Å². The van der Waals surface area contributed by atoms with Crippen LogP contribution in [0, 0.1) is 23.2 Å². The molecule has 0 atom stereocenters. The molecular weight excluding hydrogens is 416 g/mol. The number of carbonyl (C=O) groups excluding carboxylic acids is 2. The van der Waals surface area contributed by atoms with Crippen LogP contribution in [-0.2, 0) is 11.2 Å². The van der Waals surface area contributed by atoms with Gasteiger partial charge in [0.15, 0.2) is 0 Å². The van der Waals surface area contributed by atoms with E-state index in [1.807, 2.05) is 28.8 Å².